The third kappa shape index (κ3) is 2.08. The van der Waals surface area contributed by atoms with Crippen LogP contribution in [0.3, 0.4) is 0 Å². The lowest BCUT2D eigenvalue weighted by atomic mass is 10.1. The minimum atomic E-state index is -0.0201. The summed E-state index contributed by atoms with van der Waals surface area (Å²) in [6.45, 7) is -0.0201. The zero-order valence-corrected chi connectivity index (χ0v) is 10.4. The van der Waals surface area contributed by atoms with Gasteiger partial charge in [0.15, 0.2) is 5.13 Å². The molecule has 2 aromatic carbocycles. The van der Waals surface area contributed by atoms with Crippen molar-refractivity contribution in [2.45, 2.75) is 6.61 Å². The van der Waals surface area contributed by atoms with Crippen LogP contribution in [0.25, 0.3) is 10.8 Å². The van der Waals surface area contributed by atoms with Gasteiger partial charge in [-0.05, 0) is 11.5 Å². The van der Waals surface area contributed by atoms with Gasteiger partial charge in [-0.25, -0.2) is 4.98 Å². The standard InChI is InChI=1S/C14H12N2OS/c17-8-11-9-18-14(15-11)16-13-7-3-5-10-4-1-2-6-12(10)13/h1-7,9,17H,8H2,(H,15,16). The van der Waals surface area contributed by atoms with E-state index in [0.717, 1.165) is 10.8 Å². The smallest absolute Gasteiger partial charge is 0.187 e. The predicted molar refractivity (Wildman–Crippen MR) is 75.3 cm³/mol. The number of rotatable bonds is 3. The Morgan fingerprint density at radius 1 is 1.11 bits per heavy atom. The van der Waals surface area contributed by atoms with Crippen molar-refractivity contribution in [3.05, 3.63) is 53.5 Å². The van der Waals surface area contributed by atoms with E-state index in [1.54, 1.807) is 0 Å². The quantitative estimate of drug-likeness (QED) is 0.753. The molecule has 0 fully saturated rings. The van der Waals surface area contributed by atoms with Crippen LogP contribution in [0.2, 0.25) is 0 Å². The van der Waals surface area contributed by atoms with E-state index < -0.39 is 0 Å². The second kappa shape index (κ2) is 4.76. The number of aliphatic hydroxyl groups is 1. The second-order valence-corrected chi connectivity index (χ2v) is 4.81. The Morgan fingerprint density at radius 3 is 2.78 bits per heavy atom. The topological polar surface area (TPSA) is 45.1 Å². The molecule has 18 heavy (non-hydrogen) atoms. The molecule has 0 spiro atoms. The van der Waals surface area contributed by atoms with Crippen molar-refractivity contribution in [1.82, 2.24) is 4.98 Å². The molecule has 0 amide bonds. The van der Waals surface area contributed by atoms with E-state index in [0.29, 0.717) is 5.69 Å². The first-order valence-corrected chi connectivity index (χ1v) is 6.55. The van der Waals surface area contributed by atoms with Crippen LogP contribution in [-0.2, 0) is 6.61 Å². The fourth-order valence-corrected chi connectivity index (χ4v) is 2.60. The summed E-state index contributed by atoms with van der Waals surface area (Å²) in [5, 5.41) is 17.3. The van der Waals surface area contributed by atoms with Crippen LogP contribution in [-0.4, -0.2) is 10.1 Å². The summed E-state index contributed by atoms with van der Waals surface area (Å²) in [4.78, 5) is 4.29. The van der Waals surface area contributed by atoms with Crippen molar-refractivity contribution >= 4 is 32.9 Å². The second-order valence-electron chi connectivity index (χ2n) is 3.95. The number of hydrogen-bond acceptors (Lipinski definition) is 4. The van der Waals surface area contributed by atoms with Gasteiger partial charge in [-0.2, -0.15) is 0 Å². The average Bonchev–Trinajstić information content (AvgIpc) is 2.87. The van der Waals surface area contributed by atoms with Crippen molar-refractivity contribution in [3.63, 3.8) is 0 Å². The van der Waals surface area contributed by atoms with E-state index in [-0.39, 0.29) is 6.61 Å². The fourth-order valence-electron chi connectivity index (χ4n) is 1.89. The number of nitrogens with zero attached hydrogens (tertiary/aromatic N) is 1. The lowest BCUT2D eigenvalue weighted by molar-refractivity contribution is 0.278. The van der Waals surface area contributed by atoms with E-state index >= 15 is 0 Å². The van der Waals surface area contributed by atoms with E-state index in [9.17, 15) is 0 Å². The zero-order chi connectivity index (χ0) is 12.4. The van der Waals surface area contributed by atoms with Gasteiger partial charge in [0.1, 0.15) is 0 Å². The molecule has 2 N–H and O–H groups in total. The van der Waals surface area contributed by atoms with Gasteiger partial charge >= 0.3 is 0 Å². The number of nitrogens with one attached hydrogen (secondary N) is 1. The molecular weight excluding hydrogens is 244 g/mol. The van der Waals surface area contributed by atoms with Gasteiger partial charge in [-0.1, -0.05) is 36.4 Å². The first-order valence-electron chi connectivity index (χ1n) is 5.67. The van der Waals surface area contributed by atoms with Gasteiger partial charge < -0.3 is 10.4 Å². The number of thiazole rings is 1. The molecule has 0 saturated heterocycles. The third-order valence-electron chi connectivity index (χ3n) is 2.74. The molecule has 0 radical (unpaired) electrons. The maximum atomic E-state index is 9.01. The number of hydrogen-bond donors (Lipinski definition) is 2. The molecule has 0 aliphatic carbocycles. The summed E-state index contributed by atoms with van der Waals surface area (Å²) in [5.41, 5.74) is 1.73. The van der Waals surface area contributed by atoms with Gasteiger partial charge in [-0.15, -0.1) is 11.3 Å². The highest BCUT2D eigenvalue weighted by Crippen LogP contribution is 2.27. The molecule has 0 aliphatic heterocycles. The minimum Gasteiger partial charge on any atom is -0.390 e. The Morgan fingerprint density at radius 2 is 1.94 bits per heavy atom. The van der Waals surface area contributed by atoms with Gasteiger partial charge in [0, 0.05) is 16.5 Å². The lowest BCUT2D eigenvalue weighted by Crippen LogP contribution is -1.91. The third-order valence-corrected chi connectivity index (χ3v) is 3.55. The summed E-state index contributed by atoms with van der Waals surface area (Å²) in [7, 11) is 0. The summed E-state index contributed by atoms with van der Waals surface area (Å²) in [6.07, 6.45) is 0. The van der Waals surface area contributed by atoms with E-state index in [4.69, 9.17) is 5.11 Å². The van der Waals surface area contributed by atoms with Gasteiger partial charge in [0.25, 0.3) is 0 Å². The van der Waals surface area contributed by atoms with Crippen LogP contribution in [0, 0.1) is 0 Å². The van der Waals surface area contributed by atoms with Gasteiger partial charge in [0.05, 0.1) is 12.3 Å². The largest absolute Gasteiger partial charge is 0.390 e. The van der Waals surface area contributed by atoms with Crippen LogP contribution in [0.15, 0.2) is 47.8 Å². The molecule has 1 aromatic heterocycles. The highest BCUT2D eigenvalue weighted by Gasteiger charge is 2.04. The molecule has 3 nitrogen and oxygen atoms in total. The number of anilines is 2. The number of benzene rings is 2. The van der Waals surface area contributed by atoms with Gasteiger partial charge in [-0.3, -0.25) is 0 Å². The monoisotopic (exact) mass is 256 g/mol. The Hall–Kier alpha value is -1.91. The average molecular weight is 256 g/mol. The molecule has 0 aliphatic rings. The molecule has 3 rings (SSSR count). The molecule has 90 valence electrons. The Labute approximate surface area is 109 Å². The first kappa shape index (κ1) is 11.2. The normalized spacial score (nSPS) is 10.7. The Kier molecular flexibility index (Phi) is 2.96. The minimum absolute atomic E-state index is 0.0201. The summed E-state index contributed by atoms with van der Waals surface area (Å²) in [5.74, 6) is 0. The lowest BCUT2D eigenvalue weighted by Gasteiger charge is -2.06. The van der Waals surface area contributed by atoms with E-state index in [1.807, 2.05) is 29.6 Å². The molecule has 0 saturated carbocycles. The predicted octanol–water partition coefficient (Wildman–Crippen LogP) is 3.53. The number of aromatic nitrogens is 1. The molecule has 3 aromatic rings. The summed E-state index contributed by atoms with van der Waals surface area (Å²) < 4.78 is 0. The van der Waals surface area contributed by atoms with Crippen molar-refractivity contribution < 1.29 is 5.11 Å². The SMILES string of the molecule is OCc1csc(Nc2cccc3ccccc23)n1. The van der Waals surface area contributed by atoms with E-state index in [1.165, 1.54) is 22.1 Å². The molecule has 0 atom stereocenters. The highest BCUT2D eigenvalue weighted by atomic mass is 32.1. The maximum absolute atomic E-state index is 9.01. The maximum Gasteiger partial charge on any atom is 0.187 e. The highest BCUT2D eigenvalue weighted by molar-refractivity contribution is 7.13. The summed E-state index contributed by atoms with van der Waals surface area (Å²) >= 11 is 1.50. The van der Waals surface area contributed by atoms with Crippen molar-refractivity contribution in [1.29, 1.82) is 0 Å². The first-order chi connectivity index (χ1) is 8.86. The van der Waals surface area contributed by atoms with Crippen LogP contribution >= 0.6 is 11.3 Å². The number of aliphatic hydroxyl groups excluding tert-OH is 1. The molecular formula is C14H12N2OS. The molecule has 0 unspecified atom stereocenters. The fraction of sp³-hybridized carbons (Fsp3) is 0.0714. The van der Waals surface area contributed by atoms with E-state index in [2.05, 4.69) is 28.5 Å². The van der Waals surface area contributed by atoms with Crippen molar-refractivity contribution in [2.24, 2.45) is 0 Å². The van der Waals surface area contributed by atoms with Crippen molar-refractivity contribution in [2.75, 3.05) is 5.32 Å². The van der Waals surface area contributed by atoms with Gasteiger partial charge in [0.2, 0.25) is 0 Å². The van der Waals surface area contributed by atoms with Crippen LogP contribution in [0.4, 0.5) is 10.8 Å². The Balaban J connectivity index is 1.99. The molecule has 4 heteroatoms. The molecule has 1 heterocycles. The summed E-state index contributed by atoms with van der Waals surface area (Å²) in [6, 6.07) is 14.3. The number of fused-ring (bicyclic) bond motifs is 1. The zero-order valence-electron chi connectivity index (χ0n) is 9.63. The van der Waals surface area contributed by atoms with Crippen LogP contribution in [0.5, 0.6) is 0 Å². The van der Waals surface area contributed by atoms with Crippen molar-refractivity contribution in [3.8, 4) is 0 Å². The van der Waals surface area contributed by atoms with Crippen LogP contribution in [0.1, 0.15) is 5.69 Å². The Bertz CT molecular complexity index is 673. The molecule has 0 bridgehead atoms. The van der Waals surface area contributed by atoms with Crippen LogP contribution < -0.4 is 5.32 Å².